The lowest BCUT2D eigenvalue weighted by Gasteiger charge is -2.24. The second-order valence-electron chi connectivity index (χ2n) is 4.75. The zero-order valence-electron chi connectivity index (χ0n) is 11.1. The van der Waals surface area contributed by atoms with E-state index in [1.165, 1.54) is 0 Å². The molecule has 4 heteroatoms. The van der Waals surface area contributed by atoms with Crippen LogP contribution in [0.5, 0.6) is 0 Å². The summed E-state index contributed by atoms with van der Waals surface area (Å²) < 4.78 is 4.92. The fourth-order valence-electron chi connectivity index (χ4n) is 1.65. The zero-order chi connectivity index (χ0) is 13.6. The SMILES string of the molecule is COCC(Cl)CNC(=O)C(C)(C)c1ccccc1. The van der Waals surface area contributed by atoms with E-state index in [1.54, 1.807) is 7.11 Å². The molecule has 1 aromatic rings. The van der Waals surface area contributed by atoms with Crippen LogP contribution in [0.2, 0.25) is 0 Å². The maximum absolute atomic E-state index is 12.2. The maximum atomic E-state index is 12.2. The number of nitrogens with one attached hydrogen (secondary N) is 1. The molecule has 1 rings (SSSR count). The molecule has 0 radical (unpaired) electrons. The number of halogens is 1. The highest BCUT2D eigenvalue weighted by Crippen LogP contribution is 2.22. The van der Waals surface area contributed by atoms with Crippen molar-refractivity contribution in [1.82, 2.24) is 5.32 Å². The molecule has 0 aromatic heterocycles. The van der Waals surface area contributed by atoms with Crippen LogP contribution >= 0.6 is 11.6 Å². The molecule has 1 N–H and O–H groups in total. The van der Waals surface area contributed by atoms with E-state index in [9.17, 15) is 4.79 Å². The van der Waals surface area contributed by atoms with Gasteiger partial charge in [0.1, 0.15) is 0 Å². The van der Waals surface area contributed by atoms with E-state index >= 15 is 0 Å². The van der Waals surface area contributed by atoms with Crippen LogP contribution in [0, 0.1) is 0 Å². The molecule has 1 atom stereocenters. The molecule has 0 aliphatic rings. The first kappa shape index (κ1) is 15.0. The first-order valence-electron chi connectivity index (χ1n) is 5.95. The second kappa shape index (κ2) is 6.76. The van der Waals surface area contributed by atoms with Crippen LogP contribution in [0.1, 0.15) is 19.4 Å². The molecule has 18 heavy (non-hydrogen) atoms. The molecule has 0 fully saturated rings. The van der Waals surface area contributed by atoms with Crippen LogP contribution in [0.3, 0.4) is 0 Å². The highest BCUT2D eigenvalue weighted by molar-refractivity contribution is 6.21. The summed E-state index contributed by atoms with van der Waals surface area (Å²) >= 11 is 5.98. The standard InChI is InChI=1S/C14H20ClNO2/c1-14(2,11-7-5-4-6-8-11)13(17)16-9-12(15)10-18-3/h4-8,12H,9-10H2,1-3H3,(H,16,17). The van der Waals surface area contributed by atoms with E-state index in [0.717, 1.165) is 5.56 Å². The number of alkyl halides is 1. The third-order valence-corrected chi connectivity index (χ3v) is 3.18. The lowest BCUT2D eigenvalue weighted by Crippen LogP contribution is -2.42. The van der Waals surface area contributed by atoms with Crippen molar-refractivity contribution in [2.24, 2.45) is 0 Å². The Morgan fingerprint density at radius 2 is 2.00 bits per heavy atom. The number of carbonyl (C=O) groups is 1. The van der Waals surface area contributed by atoms with Gasteiger partial charge < -0.3 is 10.1 Å². The number of hydrogen-bond donors (Lipinski definition) is 1. The predicted molar refractivity (Wildman–Crippen MR) is 74.0 cm³/mol. The Morgan fingerprint density at radius 1 is 1.39 bits per heavy atom. The first-order chi connectivity index (χ1) is 8.48. The third kappa shape index (κ3) is 4.00. The number of amides is 1. The Morgan fingerprint density at radius 3 is 2.56 bits per heavy atom. The van der Waals surface area contributed by atoms with Gasteiger partial charge in [-0.25, -0.2) is 0 Å². The second-order valence-corrected chi connectivity index (χ2v) is 5.37. The molecule has 0 aliphatic carbocycles. The smallest absolute Gasteiger partial charge is 0.230 e. The third-order valence-electron chi connectivity index (χ3n) is 2.89. The Balaban J connectivity index is 2.60. The van der Waals surface area contributed by atoms with Crippen molar-refractivity contribution in [2.45, 2.75) is 24.6 Å². The molecular formula is C14H20ClNO2. The maximum Gasteiger partial charge on any atom is 0.230 e. The average molecular weight is 270 g/mol. The summed E-state index contributed by atoms with van der Waals surface area (Å²) in [4.78, 5) is 12.2. The monoisotopic (exact) mass is 269 g/mol. The number of methoxy groups -OCH3 is 1. The number of carbonyl (C=O) groups excluding carboxylic acids is 1. The quantitative estimate of drug-likeness (QED) is 0.805. The molecule has 1 amide bonds. The van der Waals surface area contributed by atoms with Crippen LogP contribution in [0.15, 0.2) is 30.3 Å². The fourth-order valence-corrected chi connectivity index (χ4v) is 1.85. The van der Waals surface area contributed by atoms with Crippen molar-refractivity contribution >= 4 is 17.5 Å². The van der Waals surface area contributed by atoms with Gasteiger partial charge in [-0.3, -0.25) is 4.79 Å². The van der Waals surface area contributed by atoms with Crippen molar-refractivity contribution in [3.8, 4) is 0 Å². The van der Waals surface area contributed by atoms with Crippen molar-refractivity contribution in [3.63, 3.8) is 0 Å². The van der Waals surface area contributed by atoms with E-state index in [-0.39, 0.29) is 11.3 Å². The Bertz CT molecular complexity index is 379. The van der Waals surface area contributed by atoms with Crippen molar-refractivity contribution in [1.29, 1.82) is 0 Å². The summed E-state index contributed by atoms with van der Waals surface area (Å²) in [5, 5.41) is 2.65. The molecule has 0 spiro atoms. The van der Waals surface area contributed by atoms with Crippen LogP contribution in [0.25, 0.3) is 0 Å². The molecule has 0 heterocycles. The van der Waals surface area contributed by atoms with E-state index < -0.39 is 5.41 Å². The summed E-state index contributed by atoms with van der Waals surface area (Å²) in [5.74, 6) is -0.0320. The fraction of sp³-hybridized carbons (Fsp3) is 0.500. The minimum Gasteiger partial charge on any atom is -0.383 e. The average Bonchev–Trinajstić information content (AvgIpc) is 2.37. The van der Waals surface area contributed by atoms with E-state index in [4.69, 9.17) is 16.3 Å². The van der Waals surface area contributed by atoms with Gasteiger partial charge in [0.15, 0.2) is 0 Å². The van der Waals surface area contributed by atoms with Gasteiger partial charge in [0.2, 0.25) is 5.91 Å². The molecule has 3 nitrogen and oxygen atoms in total. The minimum atomic E-state index is -0.565. The van der Waals surface area contributed by atoms with Gasteiger partial charge in [0, 0.05) is 13.7 Å². The number of benzene rings is 1. The van der Waals surface area contributed by atoms with Crippen molar-refractivity contribution in [3.05, 3.63) is 35.9 Å². The summed E-state index contributed by atoms with van der Waals surface area (Å²) in [6.45, 7) is 4.63. The van der Waals surface area contributed by atoms with Gasteiger partial charge in [-0.15, -0.1) is 11.6 Å². The molecule has 0 saturated carbocycles. The lowest BCUT2D eigenvalue weighted by atomic mass is 9.84. The Labute approximate surface area is 113 Å². The minimum absolute atomic E-state index is 0.0320. The van der Waals surface area contributed by atoms with Crippen LogP contribution in [-0.4, -0.2) is 31.5 Å². The molecular weight excluding hydrogens is 250 g/mol. The zero-order valence-corrected chi connectivity index (χ0v) is 11.8. The first-order valence-corrected chi connectivity index (χ1v) is 6.39. The van der Waals surface area contributed by atoms with E-state index in [0.29, 0.717) is 13.2 Å². The normalized spacial score (nSPS) is 13.1. The van der Waals surface area contributed by atoms with Gasteiger partial charge in [0.25, 0.3) is 0 Å². The van der Waals surface area contributed by atoms with Gasteiger partial charge in [-0.2, -0.15) is 0 Å². The van der Waals surface area contributed by atoms with Crippen LogP contribution < -0.4 is 5.32 Å². The van der Waals surface area contributed by atoms with Gasteiger partial charge in [-0.05, 0) is 19.4 Å². The van der Waals surface area contributed by atoms with E-state index in [1.807, 2.05) is 44.2 Å². The molecule has 100 valence electrons. The number of ether oxygens (including phenoxy) is 1. The molecule has 0 saturated heterocycles. The Kier molecular flexibility index (Phi) is 5.63. The topological polar surface area (TPSA) is 38.3 Å². The summed E-state index contributed by atoms with van der Waals surface area (Å²) in [7, 11) is 1.59. The van der Waals surface area contributed by atoms with Crippen LogP contribution in [0.4, 0.5) is 0 Å². The summed E-state index contributed by atoms with van der Waals surface area (Å²) in [6, 6.07) is 9.70. The van der Waals surface area contributed by atoms with Gasteiger partial charge >= 0.3 is 0 Å². The van der Waals surface area contributed by atoms with Crippen LogP contribution in [-0.2, 0) is 14.9 Å². The molecule has 1 aromatic carbocycles. The number of hydrogen-bond acceptors (Lipinski definition) is 2. The number of rotatable bonds is 6. The van der Waals surface area contributed by atoms with Gasteiger partial charge in [0.05, 0.1) is 17.4 Å². The van der Waals surface area contributed by atoms with Crippen molar-refractivity contribution < 1.29 is 9.53 Å². The summed E-state index contributed by atoms with van der Waals surface area (Å²) in [6.07, 6.45) is 0. The van der Waals surface area contributed by atoms with Gasteiger partial charge in [-0.1, -0.05) is 30.3 Å². The predicted octanol–water partition coefficient (Wildman–Crippen LogP) is 2.33. The highest BCUT2D eigenvalue weighted by atomic mass is 35.5. The largest absolute Gasteiger partial charge is 0.383 e. The van der Waals surface area contributed by atoms with Crippen molar-refractivity contribution in [2.75, 3.05) is 20.3 Å². The molecule has 0 bridgehead atoms. The molecule has 1 unspecified atom stereocenters. The summed E-state index contributed by atoms with van der Waals surface area (Å²) in [5.41, 5.74) is 0.422. The van der Waals surface area contributed by atoms with E-state index in [2.05, 4.69) is 5.32 Å². The molecule has 0 aliphatic heterocycles. The lowest BCUT2D eigenvalue weighted by molar-refractivity contribution is -0.125. The highest BCUT2D eigenvalue weighted by Gasteiger charge is 2.29. The Hall–Kier alpha value is -1.06.